The predicted molar refractivity (Wildman–Crippen MR) is 291 cm³/mol. The van der Waals surface area contributed by atoms with Gasteiger partial charge in [0, 0.05) is 59.2 Å². The van der Waals surface area contributed by atoms with E-state index in [1.54, 1.807) is 253 Å². The highest BCUT2D eigenvalue weighted by molar-refractivity contribution is 6.78. The van der Waals surface area contributed by atoms with Gasteiger partial charge in [0.05, 0.1) is 0 Å². The third kappa shape index (κ3) is 1.44. The number of rotatable bonds is 1. The van der Waals surface area contributed by atoms with Crippen LogP contribution in [0.15, 0.2) is 24.5 Å². The summed E-state index contributed by atoms with van der Waals surface area (Å²) in [5.41, 5.74) is 16.1. The summed E-state index contributed by atoms with van der Waals surface area (Å²) in [4.78, 5) is 3.01. The number of hydrogen-bond donors (Lipinski definition) is 0. The van der Waals surface area contributed by atoms with Crippen molar-refractivity contribution >= 4 is 248 Å². The average Bonchev–Trinajstić information content (AvgIpc) is 4.35. The molecule has 9 aliphatic rings. The van der Waals surface area contributed by atoms with Crippen LogP contribution in [0.5, 0.6) is 0 Å². The molecule has 7 atom stereocenters. The minimum atomic E-state index is -0.120. The molecule has 0 amide bonds. The van der Waals surface area contributed by atoms with E-state index in [1.807, 2.05) is 44.5 Å². The van der Waals surface area contributed by atoms with E-state index in [0.29, 0.717) is 23.7 Å². The molecule has 0 bridgehead atoms. The average molecular weight is 874 g/mol. The molecule has 34 rings (SSSR count). The maximum Gasteiger partial charge on any atom is 0.168 e. The van der Waals surface area contributed by atoms with Crippen LogP contribution in [0.4, 0.5) is 0 Å². The summed E-state index contributed by atoms with van der Waals surface area (Å²) < 4.78 is 2.30. The van der Waals surface area contributed by atoms with Gasteiger partial charge < -0.3 is 0 Å². The Labute approximate surface area is 390 Å². The smallest absolute Gasteiger partial charge is 0.168 e. The Balaban J connectivity index is 1.14. The Hall–Kier alpha value is -7.91. The van der Waals surface area contributed by atoms with Crippen LogP contribution in [0, 0.1) is 0 Å². The first-order valence-electron chi connectivity index (χ1n) is 27.1. The number of hydrogen-bond acceptors (Lipinski definition) is 1. The lowest BCUT2D eigenvalue weighted by Gasteiger charge is -2.58. The van der Waals surface area contributed by atoms with Gasteiger partial charge in [-0.3, -0.25) is 4.90 Å². The molecule has 1 aliphatic heterocycles. The van der Waals surface area contributed by atoms with Gasteiger partial charge in [-0.15, -0.1) is 0 Å². The zero-order chi connectivity index (χ0) is 42.3. The van der Waals surface area contributed by atoms with Gasteiger partial charge in [0.1, 0.15) is 7.05 Å². The molecule has 25 aromatic rings. The van der Waals surface area contributed by atoms with E-state index in [1.165, 1.54) is 0 Å². The van der Waals surface area contributed by atoms with Crippen LogP contribution in [0.25, 0.3) is 248 Å². The molecule has 1 saturated heterocycles. The fourth-order valence-electron chi connectivity index (χ4n) is 27.7. The zero-order valence-corrected chi connectivity index (χ0v) is 37.3. The third-order valence-electron chi connectivity index (χ3n) is 27.3. The molecule has 2 heterocycles. The molecule has 7 unspecified atom stereocenters. The van der Waals surface area contributed by atoms with Crippen molar-refractivity contribution in [3.8, 4) is 0 Å². The number of aromatic nitrogens is 1. The maximum atomic E-state index is 3.01. The van der Waals surface area contributed by atoms with E-state index >= 15 is 0 Å². The Morgan fingerprint density at radius 1 is 0.366 bits per heavy atom. The fourth-order valence-corrected chi connectivity index (χ4v) is 27.7. The summed E-state index contributed by atoms with van der Waals surface area (Å²) in [6.07, 6.45) is 4.80. The summed E-state index contributed by atoms with van der Waals surface area (Å²) in [6.45, 7) is 1.13. The standard InChI is InChI=1S/C69H17N2/c1-70-5-3-8(4-6-70)67-69-65-59-53-43-31-23-15-11-9-10-13-17(15)25(31)35-29-21(13)22-14(10)18-16-12(9)20-19(11)27-33(23)41-47-37(27)38-28(20)34-24(16)32-26(18)36-30(22)40-39(29)51(45(35)53)61(65)62-52(40)46(36)54-44(32)50-42(34)48(38)56-55(47)63(57(59)49(41)43)68(69,7-71(67)2)64(56)58(50)60(54)66(62)69/h3-6,51,61,64-65,67H,7H2,1-2H3/q+1. The topological polar surface area (TPSA) is 7.12 Å². The Morgan fingerprint density at radius 2 is 0.690 bits per heavy atom. The molecule has 1 aromatic heterocycles. The van der Waals surface area contributed by atoms with Crippen molar-refractivity contribution in [2.75, 3.05) is 13.6 Å². The van der Waals surface area contributed by atoms with Crippen molar-refractivity contribution in [3.63, 3.8) is 0 Å². The number of likely N-dealkylation sites (tertiary alicyclic amines) is 1. The first kappa shape index (κ1) is 26.9. The van der Waals surface area contributed by atoms with Crippen LogP contribution in [-0.4, -0.2) is 18.5 Å². The first-order valence-corrected chi connectivity index (χ1v) is 27.1. The van der Waals surface area contributed by atoms with Crippen molar-refractivity contribution in [1.82, 2.24) is 4.90 Å². The molecular weight excluding hydrogens is 857 g/mol. The van der Waals surface area contributed by atoms with Gasteiger partial charge in [0.2, 0.25) is 0 Å². The quantitative estimate of drug-likeness (QED) is 0.118. The van der Waals surface area contributed by atoms with Crippen LogP contribution in [0.3, 0.4) is 0 Å². The normalized spacial score (nSPS) is 28.8. The van der Waals surface area contributed by atoms with E-state index in [9.17, 15) is 0 Å². The fraction of sp³-hybridized carbons (Fsp3) is 0.145. The van der Waals surface area contributed by atoms with Crippen LogP contribution in [-0.2, 0) is 17.9 Å². The highest BCUT2D eigenvalue weighted by Crippen LogP contribution is 2.92. The SMILES string of the molecule is CN1CC23c4c5c6c7c8c9c%10c%11c%12c%13c%14c(c%15c%16c%17c%18c%19c(c4c4c%20c5c7c5c9c7c9c%10c%10c%12c%12c%13c%15c%17c%13c%12c%12c%10c9c9c%10c7c5c%20c5c4c%19c4c%18c%13c%12c9c4c5%10)C%162)C3(C6C%14C8%11)C1c1cc[n+](C)cc1. The largest absolute Gasteiger partial charge is 0.297 e. The van der Waals surface area contributed by atoms with E-state index in [-0.39, 0.29) is 16.9 Å². The number of pyridine rings is 1. The van der Waals surface area contributed by atoms with Crippen molar-refractivity contribution in [2.24, 2.45) is 7.05 Å². The van der Waals surface area contributed by atoms with E-state index in [4.69, 9.17) is 0 Å². The minimum absolute atomic E-state index is 0.0857. The second-order valence-corrected chi connectivity index (χ2v) is 27.4. The first-order chi connectivity index (χ1) is 35.2. The number of benzene rings is 15. The highest BCUT2D eigenvalue weighted by Gasteiger charge is 2.82. The third-order valence-corrected chi connectivity index (χ3v) is 27.3. The molecule has 0 saturated carbocycles. The van der Waals surface area contributed by atoms with Crippen LogP contribution >= 0.6 is 0 Å². The van der Waals surface area contributed by atoms with Gasteiger partial charge in [-0.2, -0.15) is 0 Å². The van der Waals surface area contributed by atoms with Gasteiger partial charge in [0.15, 0.2) is 12.4 Å². The monoisotopic (exact) mass is 873 g/mol. The molecule has 71 heavy (non-hydrogen) atoms. The van der Waals surface area contributed by atoms with Gasteiger partial charge in [-0.1, -0.05) is 0 Å². The van der Waals surface area contributed by atoms with Gasteiger partial charge >= 0.3 is 0 Å². The van der Waals surface area contributed by atoms with E-state index < -0.39 is 0 Å². The lowest BCUT2D eigenvalue weighted by atomic mass is 9.41. The molecule has 2 spiro atoms. The van der Waals surface area contributed by atoms with Crippen molar-refractivity contribution in [3.05, 3.63) is 74.6 Å². The summed E-state index contributed by atoms with van der Waals surface area (Å²) in [6, 6.07) is 5.45. The molecule has 302 valence electrons. The zero-order valence-electron chi connectivity index (χ0n) is 37.3. The lowest BCUT2D eigenvalue weighted by molar-refractivity contribution is -0.671. The minimum Gasteiger partial charge on any atom is -0.297 e. The Morgan fingerprint density at radius 3 is 1.14 bits per heavy atom. The van der Waals surface area contributed by atoms with Crippen molar-refractivity contribution in [2.45, 2.75) is 40.5 Å². The second-order valence-electron chi connectivity index (χ2n) is 27.4. The lowest BCUT2D eigenvalue weighted by Crippen LogP contribution is -2.57. The molecule has 2 heteroatoms. The second kappa shape index (κ2) is 6.09. The molecule has 0 radical (unpaired) electrons. The van der Waals surface area contributed by atoms with Gasteiger partial charge in [0.25, 0.3) is 0 Å². The number of aryl methyl sites for hydroxylation is 1. The predicted octanol–water partition coefficient (Wildman–Crippen LogP) is 16.0. The van der Waals surface area contributed by atoms with Gasteiger partial charge in [-0.25, -0.2) is 4.57 Å². The van der Waals surface area contributed by atoms with Crippen LogP contribution < -0.4 is 4.57 Å². The molecule has 8 aliphatic carbocycles. The Kier molecular flexibility index (Phi) is 2.31. The maximum absolute atomic E-state index is 3.01. The summed E-state index contributed by atoms with van der Waals surface area (Å²) in [7, 11) is 4.85. The number of likely N-dealkylation sites (N-methyl/N-ethyl adjacent to an activating group) is 1. The van der Waals surface area contributed by atoms with Crippen LogP contribution in [0.2, 0.25) is 0 Å². The molecule has 24 aromatic carbocycles. The van der Waals surface area contributed by atoms with Crippen molar-refractivity contribution < 1.29 is 4.57 Å². The van der Waals surface area contributed by atoms with E-state index in [0.717, 1.165) is 6.54 Å². The summed E-state index contributed by atoms with van der Waals surface area (Å²) in [5.74, 6) is 1.63. The molecule has 2 nitrogen and oxygen atoms in total. The van der Waals surface area contributed by atoms with E-state index in [2.05, 4.69) is 48.1 Å². The molecule has 0 N–H and O–H groups in total. The summed E-state index contributed by atoms with van der Waals surface area (Å²) in [5, 5.41) is 79.0. The van der Waals surface area contributed by atoms with Crippen LogP contribution in [0.1, 0.15) is 79.8 Å². The van der Waals surface area contributed by atoms with Gasteiger partial charge in [-0.05, 0) is 305 Å². The summed E-state index contributed by atoms with van der Waals surface area (Å²) >= 11 is 0. The Bertz CT molecular complexity index is 7230. The van der Waals surface area contributed by atoms with Crippen molar-refractivity contribution in [1.29, 1.82) is 0 Å². The molecule has 1 fully saturated rings. The molecular formula is C69H17N2+. The highest BCUT2D eigenvalue weighted by atomic mass is 15.2. The number of nitrogens with zero attached hydrogens (tertiary/aromatic N) is 2.